The van der Waals surface area contributed by atoms with Crippen molar-refractivity contribution in [2.45, 2.75) is 25.8 Å². The third-order valence-corrected chi connectivity index (χ3v) is 4.58. The highest BCUT2D eigenvalue weighted by molar-refractivity contribution is 7.90. The lowest BCUT2D eigenvalue weighted by Crippen LogP contribution is -2.39. The van der Waals surface area contributed by atoms with Crippen LogP contribution in [0.15, 0.2) is 18.2 Å². The number of benzene rings is 1. The molecule has 1 aromatic rings. The summed E-state index contributed by atoms with van der Waals surface area (Å²) in [5, 5.41) is 8.10. The van der Waals surface area contributed by atoms with Gasteiger partial charge in [-0.15, -0.1) is 0 Å². The molecule has 126 valence electrons. The fourth-order valence-electron chi connectivity index (χ4n) is 2.35. The summed E-state index contributed by atoms with van der Waals surface area (Å²) in [5.74, 6) is -0.0745. The summed E-state index contributed by atoms with van der Waals surface area (Å²) in [7, 11) is -3.09. The summed E-state index contributed by atoms with van der Waals surface area (Å²) >= 11 is 0. The number of anilines is 1. The van der Waals surface area contributed by atoms with Crippen molar-refractivity contribution in [1.82, 2.24) is 10.6 Å². The van der Waals surface area contributed by atoms with Gasteiger partial charge in [0, 0.05) is 24.9 Å². The highest BCUT2D eigenvalue weighted by atomic mass is 32.2. The van der Waals surface area contributed by atoms with Crippen molar-refractivity contribution in [1.29, 1.82) is 0 Å². The van der Waals surface area contributed by atoms with Crippen LogP contribution in [0, 0.1) is 0 Å². The van der Waals surface area contributed by atoms with E-state index in [0.717, 1.165) is 23.1 Å². The summed E-state index contributed by atoms with van der Waals surface area (Å²) in [6.07, 6.45) is 2.27. The Labute approximate surface area is 135 Å². The molecule has 0 radical (unpaired) electrons. The van der Waals surface area contributed by atoms with Gasteiger partial charge in [0.1, 0.15) is 9.84 Å². The second kappa shape index (κ2) is 6.99. The molecule has 0 saturated heterocycles. The lowest BCUT2D eigenvalue weighted by atomic mass is 9.98. The van der Waals surface area contributed by atoms with Gasteiger partial charge in [0.05, 0.1) is 11.8 Å². The van der Waals surface area contributed by atoms with Crippen LogP contribution in [0.2, 0.25) is 0 Å². The molecule has 0 bridgehead atoms. The summed E-state index contributed by atoms with van der Waals surface area (Å²) < 4.78 is 22.0. The van der Waals surface area contributed by atoms with Gasteiger partial charge in [-0.05, 0) is 30.5 Å². The lowest BCUT2D eigenvalue weighted by Gasteiger charge is -2.20. The van der Waals surface area contributed by atoms with Crippen LogP contribution in [0.4, 0.5) is 10.5 Å². The molecule has 1 aliphatic rings. The molecule has 1 aliphatic heterocycles. The largest absolute Gasteiger partial charge is 0.337 e. The maximum Gasteiger partial charge on any atom is 0.315 e. The maximum absolute atomic E-state index is 11.8. The normalized spacial score (nSPS) is 15.3. The molecule has 8 heteroatoms. The molecule has 0 fully saturated rings. The Balaban J connectivity index is 1.92. The van der Waals surface area contributed by atoms with E-state index in [9.17, 15) is 18.0 Å². The minimum atomic E-state index is -3.09. The number of urea groups is 1. The summed E-state index contributed by atoms with van der Waals surface area (Å²) in [5.41, 5.74) is 2.79. The highest BCUT2D eigenvalue weighted by Gasteiger charge is 2.17. The van der Waals surface area contributed by atoms with Crippen molar-refractivity contribution in [2.75, 3.05) is 23.9 Å². The number of carbonyl (C=O) groups excluding carboxylic acids is 2. The van der Waals surface area contributed by atoms with Gasteiger partial charge in [0.2, 0.25) is 5.91 Å². The van der Waals surface area contributed by atoms with Crippen molar-refractivity contribution in [3.05, 3.63) is 29.3 Å². The van der Waals surface area contributed by atoms with Crippen LogP contribution in [-0.4, -0.2) is 38.9 Å². The van der Waals surface area contributed by atoms with Crippen LogP contribution < -0.4 is 16.0 Å². The fraction of sp³-hybridized carbons (Fsp3) is 0.467. The zero-order valence-corrected chi connectivity index (χ0v) is 14.0. The van der Waals surface area contributed by atoms with E-state index in [2.05, 4.69) is 16.0 Å². The molecule has 1 aromatic carbocycles. The molecule has 0 aliphatic carbocycles. The number of aryl methyl sites for hydroxylation is 1. The van der Waals surface area contributed by atoms with E-state index in [1.807, 2.05) is 25.1 Å². The van der Waals surface area contributed by atoms with Gasteiger partial charge >= 0.3 is 6.03 Å². The fourth-order valence-corrected chi connectivity index (χ4v) is 2.83. The molecular weight excluding hydrogens is 318 g/mol. The van der Waals surface area contributed by atoms with Crippen molar-refractivity contribution < 1.29 is 18.0 Å². The predicted molar refractivity (Wildman–Crippen MR) is 88.1 cm³/mol. The molecule has 3 amide bonds. The minimum Gasteiger partial charge on any atom is -0.337 e. The summed E-state index contributed by atoms with van der Waals surface area (Å²) in [6, 6.07) is 5.02. The Morgan fingerprint density at radius 2 is 2.09 bits per heavy atom. The van der Waals surface area contributed by atoms with E-state index >= 15 is 0 Å². The van der Waals surface area contributed by atoms with E-state index in [0.29, 0.717) is 12.8 Å². The topological polar surface area (TPSA) is 104 Å². The number of sulfone groups is 1. The first-order chi connectivity index (χ1) is 10.7. The summed E-state index contributed by atoms with van der Waals surface area (Å²) in [6.45, 7) is 1.92. The zero-order chi connectivity index (χ0) is 17.0. The van der Waals surface area contributed by atoms with Crippen LogP contribution in [0.3, 0.4) is 0 Å². The average Bonchev–Trinajstić information content (AvgIpc) is 2.45. The molecule has 1 atom stereocenters. The first-order valence-corrected chi connectivity index (χ1v) is 9.45. The molecule has 0 spiro atoms. The molecule has 0 aromatic heterocycles. The first-order valence-electron chi connectivity index (χ1n) is 7.39. The Morgan fingerprint density at radius 3 is 2.78 bits per heavy atom. The van der Waals surface area contributed by atoms with Gasteiger partial charge in [-0.3, -0.25) is 4.79 Å². The molecule has 1 heterocycles. The number of amides is 3. The molecule has 7 nitrogen and oxygen atoms in total. The highest BCUT2D eigenvalue weighted by Crippen LogP contribution is 2.25. The van der Waals surface area contributed by atoms with Gasteiger partial charge in [-0.25, -0.2) is 13.2 Å². The Kier molecular flexibility index (Phi) is 5.25. The number of rotatable bonds is 5. The Hall–Kier alpha value is -2.09. The molecule has 0 unspecified atom stereocenters. The van der Waals surface area contributed by atoms with Crippen LogP contribution >= 0.6 is 0 Å². The van der Waals surface area contributed by atoms with Gasteiger partial charge < -0.3 is 16.0 Å². The van der Waals surface area contributed by atoms with Crippen molar-refractivity contribution in [3.63, 3.8) is 0 Å². The zero-order valence-electron chi connectivity index (χ0n) is 13.2. The monoisotopic (exact) mass is 339 g/mol. The van der Waals surface area contributed by atoms with E-state index in [-0.39, 0.29) is 24.2 Å². The number of fused-ring (bicyclic) bond motifs is 1. The minimum absolute atomic E-state index is 0.0154. The van der Waals surface area contributed by atoms with E-state index in [1.54, 1.807) is 0 Å². The first kappa shape index (κ1) is 17.3. The SMILES string of the molecule is C[C@H](NC(=O)NCCS(C)(=O)=O)c1ccc2c(c1)CCC(=O)N2. The second-order valence-electron chi connectivity index (χ2n) is 5.72. The van der Waals surface area contributed by atoms with Gasteiger partial charge in [-0.1, -0.05) is 12.1 Å². The molecular formula is C15H21N3O4S. The van der Waals surface area contributed by atoms with Crippen LogP contribution in [-0.2, 0) is 21.1 Å². The van der Waals surface area contributed by atoms with E-state index in [1.165, 1.54) is 0 Å². The number of carbonyl (C=O) groups is 2. The van der Waals surface area contributed by atoms with Crippen LogP contribution in [0.25, 0.3) is 0 Å². The lowest BCUT2D eigenvalue weighted by molar-refractivity contribution is -0.116. The third kappa shape index (κ3) is 5.24. The Bertz CT molecular complexity index is 715. The smallest absolute Gasteiger partial charge is 0.315 e. The van der Waals surface area contributed by atoms with Crippen LogP contribution in [0.5, 0.6) is 0 Å². The van der Waals surface area contributed by atoms with Crippen molar-refractivity contribution in [3.8, 4) is 0 Å². The van der Waals surface area contributed by atoms with Gasteiger partial charge in [0.15, 0.2) is 0 Å². The molecule has 23 heavy (non-hydrogen) atoms. The standard InChI is InChI=1S/C15H21N3O4S/c1-10(17-15(20)16-7-8-23(2,21)22)11-3-5-13-12(9-11)4-6-14(19)18-13/h3,5,9-10H,4,6-8H2,1-2H3,(H,18,19)(H2,16,17,20)/t10-/m0/s1. The number of hydrogen-bond acceptors (Lipinski definition) is 4. The van der Waals surface area contributed by atoms with E-state index < -0.39 is 15.9 Å². The maximum atomic E-state index is 11.8. The molecule has 2 rings (SSSR count). The second-order valence-corrected chi connectivity index (χ2v) is 7.98. The quantitative estimate of drug-likeness (QED) is 0.743. The number of nitrogens with one attached hydrogen (secondary N) is 3. The third-order valence-electron chi connectivity index (χ3n) is 3.63. The van der Waals surface area contributed by atoms with Gasteiger partial charge in [-0.2, -0.15) is 0 Å². The molecule has 3 N–H and O–H groups in total. The summed E-state index contributed by atoms with van der Waals surface area (Å²) in [4.78, 5) is 23.1. The van der Waals surface area contributed by atoms with E-state index in [4.69, 9.17) is 0 Å². The van der Waals surface area contributed by atoms with Crippen molar-refractivity contribution >= 4 is 27.5 Å². The number of hydrogen-bond donors (Lipinski definition) is 3. The Morgan fingerprint density at radius 1 is 1.35 bits per heavy atom. The van der Waals surface area contributed by atoms with Crippen LogP contribution in [0.1, 0.15) is 30.5 Å². The van der Waals surface area contributed by atoms with Gasteiger partial charge in [0.25, 0.3) is 0 Å². The van der Waals surface area contributed by atoms with Crippen molar-refractivity contribution in [2.24, 2.45) is 0 Å². The molecule has 0 saturated carbocycles. The average molecular weight is 339 g/mol. The predicted octanol–water partition coefficient (Wildman–Crippen LogP) is 0.976.